The quantitative estimate of drug-likeness (QED) is 0.575. The summed E-state index contributed by atoms with van der Waals surface area (Å²) in [5.74, 6) is 6.78. The van der Waals surface area contributed by atoms with E-state index in [9.17, 15) is 0 Å². The first-order valence-corrected chi connectivity index (χ1v) is 5.74. The van der Waals surface area contributed by atoms with Gasteiger partial charge < -0.3 is 4.90 Å². The predicted molar refractivity (Wildman–Crippen MR) is 68.3 cm³/mol. The third-order valence-electron chi connectivity index (χ3n) is 2.52. The Hall–Kier alpha value is -2.22. The van der Waals surface area contributed by atoms with Crippen molar-refractivity contribution in [3.63, 3.8) is 0 Å². The van der Waals surface area contributed by atoms with Crippen LogP contribution in [-0.4, -0.2) is 37.6 Å². The van der Waals surface area contributed by atoms with Gasteiger partial charge in [0.15, 0.2) is 0 Å². The van der Waals surface area contributed by atoms with Gasteiger partial charge in [-0.2, -0.15) is 15.0 Å². The first-order chi connectivity index (χ1) is 8.78. The molecule has 3 N–H and O–H groups in total. The van der Waals surface area contributed by atoms with Crippen molar-refractivity contribution in [3.8, 4) is 5.95 Å². The molecule has 2 aromatic heterocycles. The monoisotopic (exact) mass is 248 g/mol. The molecule has 0 aromatic carbocycles. The van der Waals surface area contributed by atoms with Crippen LogP contribution in [0, 0.1) is 0 Å². The summed E-state index contributed by atoms with van der Waals surface area (Å²) in [5.41, 5.74) is 2.45. The molecule has 2 rings (SSSR count). The topological polar surface area (TPSA) is 97.8 Å². The Balaban J connectivity index is 2.45. The number of nitrogens with zero attached hydrogens (tertiary/aromatic N) is 6. The summed E-state index contributed by atoms with van der Waals surface area (Å²) in [5, 5.41) is 0. The van der Waals surface area contributed by atoms with Crippen LogP contribution in [0.4, 0.5) is 11.9 Å². The van der Waals surface area contributed by atoms with Gasteiger partial charge in [0.2, 0.25) is 17.8 Å². The molecule has 0 saturated heterocycles. The van der Waals surface area contributed by atoms with Crippen molar-refractivity contribution < 1.29 is 0 Å². The summed E-state index contributed by atoms with van der Waals surface area (Å²) in [7, 11) is 0. The van der Waals surface area contributed by atoms with E-state index in [0.717, 1.165) is 13.1 Å². The highest BCUT2D eigenvalue weighted by Crippen LogP contribution is 2.12. The van der Waals surface area contributed by atoms with Gasteiger partial charge in [-0.3, -0.25) is 9.99 Å². The number of anilines is 2. The van der Waals surface area contributed by atoms with Crippen molar-refractivity contribution in [2.75, 3.05) is 23.4 Å². The zero-order chi connectivity index (χ0) is 13.0. The maximum absolute atomic E-state index is 5.38. The Morgan fingerprint density at radius 3 is 2.61 bits per heavy atom. The zero-order valence-corrected chi connectivity index (χ0v) is 10.4. The summed E-state index contributed by atoms with van der Waals surface area (Å²) >= 11 is 0. The minimum absolute atomic E-state index is 0.329. The Kier molecular flexibility index (Phi) is 3.68. The van der Waals surface area contributed by atoms with E-state index in [1.54, 1.807) is 23.3 Å². The van der Waals surface area contributed by atoms with Crippen molar-refractivity contribution in [1.82, 2.24) is 24.5 Å². The molecule has 0 atom stereocenters. The van der Waals surface area contributed by atoms with Crippen molar-refractivity contribution >= 4 is 11.9 Å². The van der Waals surface area contributed by atoms with Crippen LogP contribution in [0.5, 0.6) is 0 Å². The lowest BCUT2D eigenvalue weighted by Crippen LogP contribution is -2.26. The molecule has 0 fully saturated rings. The van der Waals surface area contributed by atoms with Gasteiger partial charge in [-0.25, -0.2) is 10.8 Å². The van der Waals surface area contributed by atoms with Crippen LogP contribution in [0.25, 0.3) is 5.95 Å². The third kappa shape index (κ3) is 2.38. The number of imidazole rings is 1. The standard InChI is InChI=1S/C10H16N8/c1-3-17(4-2)9-13-8(16-11)14-10(15-9)18-6-5-12-7-18/h5-7H,3-4,11H2,1-2H3,(H,13,14,15,16). The highest BCUT2D eigenvalue weighted by atomic mass is 15.4. The van der Waals surface area contributed by atoms with E-state index in [-0.39, 0.29) is 0 Å². The number of nitrogens with two attached hydrogens (primary N) is 1. The molecule has 0 aliphatic carbocycles. The number of aromatic nitrogens is 5. The fourth-order valence-corrected chi connectivity index (χ4v) is 1.56. The Bertz CT molecular complexity index is 491. The van der Waals surface area contributed by atoms with Gasteiger partial charge in [0, 0.05) is 25.5 Å². The molecular formula is C10H16N8. The first-order valence-electron chi connectivity index (χ1n) is 5.74. The van der Waals surface area contributed by atoms with Crippen LogP contribution in [0.15, 0.2) is 18.7 Å². The fraction of sp³-hybridized carbons (Fsp3) is 0.400. The third-order valence-corrected chi connectivity index (χ3v) is 2.52. The summed E-state index contributed by atoms with van der Waals surface area (Å²) in [4.78, 5) is 18.8. The number of nitrogen functional groups attached to an aromatic ring is 1. The van der Waals surface area contributed by atoms with E-state index in [1.807, 2.05) is 18.7 Å². The van der Waals surface area contributed by atoms with Gasteiger partial charge in [0.25, 0.3) is 0 Å². The number of hydrazine groups is 1. The van der Waals surface area contributed by atoms with Crippen molar-refractivity contribution in [2.45, 2.75) is 13.8 Å². The molecule has 0 unspecified atom stereocenters. The minimum atomic E-state index is 0.329. The lowest BCUT2D eigenvalue weighted by Gasteiger charge is -2.19. The average Bonchev–Trinajstić information content (AvgIpc) is 2.94. The lowest BCUT2D eigenvalue weighted by atomic mass is 10.5. The molecule has 0 aliphatic heterocycles. The molecule has 0 amide bonds. The second-order valence-corrected chi connectivity index (χ2v) is 3.55. The van der Waals surface area contributed by atoms with Gasteiger partial charge in [-0.05, 0) is 13.8 Å². The largest absolute Gasteiger partial charge is 0.341 e. The van der Waals surface area contributed by atoms with Crippen LogP contribution in [-0.2, 0) is 0 Å². The van der Waals surface area contributed by atoms with Gasteiger partial charge >= 0.3 is 0 Å². The predicted octanol–water partition coefficient (Wildman–Crippen LogP) is 0.189. The van der Waals surface area contributed by atoms with E-state index < -0.39 is 0 Å². The van der Waals surface area contributed by atoms with E-state index in [1.165, 1.54) is 0 Å². The molecule has 2 heterocycles. The van der Waals surface area contributed by atoms with Gasteiger partial charge in [-0.1, -0.05) is 0 Å². The SMILES string of the molecule is CCN(CC)c1nc(NN)nc(-n2ccnc2)n1. The molecule has 2 aromatic rings. The molecule has 96 valence electrons. The average molecular weight is 248 g/mol. The van der Waals surface area contributed by atoms with Gasteiger partial charge in [0.1, 0.15) is 6.33 Å². The molecule has 18 heavy (non-hydrogen) atoms. The molecule has 0 radical (unpaired) electrons. The second-order valence-electron chi connectivity index (χ2n) is 3.55. The minimum Gasteiger partial charge on any atom is -0.341 e. The van der Waals surface area contributed by atoms with Crippen molar-refractivity contribution in [3.05, 3.63) is 18.7 Å². The fourth-order valence-electron chi connectivity index (χ4n) is 1.56. The van der Waals surface area contributed by atoms with E-state index in [2.05, 4.69) is 25.4 Å². The van der Waals surface area contributed by atoms with E-state index in [4.69, 9.17) is 5.84 Å². The molecule has 8 heteroatoms. The van der Waals surface area contributed by atoms with Crippen molar-refractivity contribution in [1.29, 1.82) is 0 Å². The molecule has 0 spiro atoms. The van der Waals surface area contributed by atoms with Crippen LogP contribution in [0.3, 0.4) is 0 Å². The Morgan fingerprint density at radius 1 is 1.28 bits per heavy atom. The van der Waals surface area contributed by atoms with E-state index in [0.29, 0.717) is 17.8 Å². The van der Waals surface area contributed by atoms with Crippen LogP contribution in [0.2, 0.25) is 0 Å². The van der Waals surface area contributed by atoms with Gasteiger partial charge in [0.05, 0.1) is 0 Å². The normalized spacial score (nSPS) is 10.4. The Labute approximate surface area is 105 Å². The zero-order valence-electron chi connectivity index (χ0n) is 10.4. The number of hydrogen-bond donors (Lipinski definition) is 2. The second kappa shape index (κ2) is 5.41. The molecular weight excluding hydrogens is 232 g/mol. The number of rotatable bonds is 5. The van der Waals surface area contributed by atoms with Gasteiger partial charge in [-0.15, -0.1) is 0 Å². The molecule has 0 saturated carbocycles. The van der Waals surface area contributed by atoms with Crippen LogP contribution >= 0.6 is 0 Å². The number of hydrogen-bond acceptors (Lipinski definition) is 7. The maximum Gasteiger partial charge on any atom is 0.243 e. The highest BCUT2D eigenvalue weighted by Gasteiger charge is 2.11. The molecule has 0 bridgehead atoms. The summed E-state index contributed by atoms with van der Waals surface area (Å²) in [6, 6.07) is 0. The highest BCUT2D eigenvalue weighted by molar-refractivity contribution is 5.39. The first kappa shape index (κ1) is 12.2. The Morgan fingerprint density at radius 2 is 2.06 bits per heavy atom. The summed E-state index contributed by atoms with van der Waals surface area (Å²) in [6.07, 6.45) is 5.06. The van der Waals surface area contributed by atoms with Crippen LogP contribution < -0.4 is 16.2 Å². The summed E-state index contributed by atoms with van der Waals surface area (Å²) < 4.78 is 1.70. The smallest absolute Gasteiger partial charge is 0.243 e. The van der Waals surface area contributed by atoms with Crippen molar-refractivity contribution in [2.24, 2.45) is 5.84 Å². The molecule has 0 aliphatic rings. The molecule has 8 nitrogen and oxygen atoms in total. The van der Waals surface area contributed by atoms with E-state index >= 15 is 0 Å². The summed E-state index contributed by atoms with van der Waals surface area (Å²) in [6.45, 7) is 5.71. The van der Waals surface area contributed by atoms with Crippen LogP contribution in [0.1, 0.15) is 13.8 Å². The maximum atomic E-state index is 5.38. The number of nitrogens with one attached hydrogen (secondary N) is 1. The lowest BCUT2D eigenvalue weighted by molar-refractivity contribution is 0.794.